The summed E-state index contributed by atoms with van der Waals surface area (Å²) in [6.07, 6.45) is 4.64. The summed E-state index contributed by atoms with van der Waals surface area (Å²) in [5.41, 5.74) is 3.42. The number of aromatic nitrogens is 3. The molecule has 0 bridgehead atoms. The van der Waals surface area contributed by atoms with E-state index in [9.17, 15) is 0 Å². The Morgan fingerprint density at radius 1 is 1.33 bits per heavy atom. The van der Waals surface area contributed by atoms with Crippen LogP contribution in [-0.2, 0) is 13.0 Å². The second-order valence-electron chi connectivity index (χ2n) is 3.43. The number of hydrogen-bond acceptors (Lipinski definition) is 2. The lowest BCUT2D eigenvalue weighted by Gasteiger charge is -2.02. The summed E-state index contributed by atoms with van der Waals surface area (Å²) in [7, 11) is 0. The van der Waals surface area contributed by atoms with Crippen LogP contribution in [-0.4, -0.2) is 14.8 Å². The van der Waals surface area contributed by atoms with Crippen molar-refractivity contribution in [3.63, 3.8) is 0 Å². The third kappa shape index (κ3) is 1.91. The summed E-state index contributed by atoms with van der Waals surface area (Å²) >= 11 is 0. The van der Waals surface area contributed by atoms with Gasteiger partial charge in [-0.05, 0) is 31.5 Å². The zero-order valence-corrected chi connectivity index (χ0v) is 9.14. The number of rotatable bonds is 3. The Balaban J connectivity index is 2.47. The van der Waals surface area contributed by atoms with E-state index in [1.807, 2.05) is 16.9 Å². The van der Waals surface area contributed by atoms with Crippen LogP contribution >= 0.6 is 0 Å². The van der Waals surface area contributed by atoms with Gasteiger partial charge in [0.15, 0.2) is 0 Å². The molecule has 78 valence electrons. The molecule has 0 unspecified atom stereocenters. The zero-order valence-electron chi connectivity index (χ0n) is 9.14. The molecule has 15 heavy (non-hydrogen) atoms. The molecule has 0 atom stereocenters. The van der Waals surface area contributed by atoms with E-state index in [4.69, 9.17) is 0 Å². The summed E-state index contributed by atoms with van der Waals surface area (Å²) in [6, 6.07) is 6.16. The average molecular weight is 201 g/mol. The molecule has 2 rings (SSSR count). The predicted octanol–water partition coefficient (Wildman–Crippen LogP) is 2.53. The van der Waals surface area contributed by atoms with Crippen LogP contribution < -0.4 is 0 Å². The lowest BCUT2D eigenvalue weighted by Crippen LogP contribution is -1.99. The van der Waals surface area contributed by atoms with E-state index in [0.29, 0.717) is 0 Å². The highest BCUT2D eigenvalue weighted by Gasteiger charge is 2.07. The first-order chi connectivity index (χ1) is 7.35. The summed E-state index contributed by atoms with van der Waals surface area (Å²) in [6.45, 7) is 5.12. The van der Waals surface area contributed by atoms with Gasteiger partial charge >= 0.3 is 0 Å². The molecule has 0 saturated heterocycles. The van der Waals surface area contributed by atoms with Crippen molar-refractivity contribution >= 4 is 0 Å². The fraction of sp³-hybridized carbons (Fsp3) is 0.333. The molecule has 0 aliphatic heterocycles. The van der Waals surface area contributed by atoms with Gasteiger partial charge in [0.1, 0.15) is 0 Å². The molecule has 3 heteroatoms. The van der Waals surface area contributed by atoms with E-state index < -0.39 is 0 Å². The Hall–Kier alpha value is -1.64. The maximum absolute atomic E-state index is 4.51. The smallest absolute Gasteiger partial charge is 0.0700 e. The lowest BCUT2D eigenvalue weighted by atomic mass is 10.2. The van der Waals surface area contributed by atoms with Crippen LogP contribution in [0.4, 0.5) is 0 Å². The molecule has 0 saturated carbocycles. The van der Waals surface area contributed by atoms with Crippen LogP contribution in [0.15, 0.2) is 30.6 Å². The number of pyridine rings is 1. The van der Waals surface area contributed by atoms with E-state index in [2.05, 4.69) is 36.1 Å². The third-order valence-corrected chi connectivity index (χ3v) is 2.45. The molecule has 2 aromatic rings. The predicted molar refractivity (Wildman–Crippen MR) is 60.5 cm³/mol. The SMILES string of the molecule is CCc1cc(-c2cccnc2)n(CC)n1. The van der Waals surface area contributed by atoms with Gasteiger partial charge in [-0.15, -0.1) is 0 Å². The highest BCUT2D eigenvalue weighted by Crippen LogP contribution is 2.19. The van der Waals surface area contributed by atoms with Crippen LogP contribution in [0.1, 0.15) is 19.5 Å². The average Bonchev–Trinajstić information content (AvgIpc) is 2.73. The van der Waals surface area contributed by atoms with E-state index in [-0.39, 0.29) is 0 Å². The summed E-state index contributed by atoms with van der Waals surface area (Å²) in [5.74, 6) is 0. The summed E-state index contributed by atoms with van der Waals surface area (Å²) in [4.78, 5) is 4.13. The van der Waals surface area contributed by atoms with Crippen LogP contribution in [0.2, 0.25) is 0 Å². The van der Waals surface area contributed by atoms with Crippen molar-refractivity contribution in [3.05, 3.63) is 36.3 Å². The summed E-state index contributed by atoms with van der Waals surface area (Å²) in [5, 5.41) is 4.51. The monoisotopic (exact) mass is 201 g/mol. The first-order valence-corrected chi connectivity index (χ1v) is 5.32. The van der Waals surface area contributed by atoms with Crippen LogP contribution in [0.3, 0.4) is 0 Å². The Morgan fingerprint density at radius 3 is 2.80 bits per heavy atom. The molecule has 0 radical (unpaired) electrons. The standard InChI is InChI=1S/C12H15N3/c1-3-11-8-12(15(4-2)14-11)10-6-5-7-13-9-10/h5-9H,3-4H2,1-2H3. The fourth-order valence-electron chi connectivity index (χ4n) is 1.63. The van der Waals surface area contributed by atoms with Gasteiger partial charge < -0.3 is 0 Å². The maximum Gasteiger partial charge on any atom is 0.0700 e. The van der Waals surface area contributed by atoms with E-state index in [1.54, 1.807) is 6.20 Å². The Bertz CT molecular complexity index is 431. The molecule has 2 heterocycles. The summed E-state index contributed by atoms with van der Waals surface area (Å²) < 4.78 is 2.02. The third-order valence-electron chi connectivity index (χ3n) is 2.45. The van der Waals surface area contributed by atoms with Crippen molar-refractivity contribution in [1.82, 2.24) is 14.8 Å². The van der Waals surface area contributed by atoms with Crippen molar-refractivity contribution in [3.8, 4) is 11.3 Å². The van der Waals surface area contributed by atoms with E-state index in [1.165, 1.54) is 0 Å². The molecule has 0 amide bonds. The van der Waals surface area contributed by atoms with Crippen molar-refractivity contribution < 1.29 is 0 Å². The van der Waals surface area contributed by atoms with Crippen molar-refractivity contribution in [2.24, 2.45) is 0 Å². The molecule has 0 fully saturated rings. The highest BCUT2D eigenvalue weighted by molar-refractivity contribution is 5.58. The van der Waals surface area contributed by atoms with Crippen LogP contribution in [0.5, 0.6) is 0 Å². The van der Waals surface area contributed by atoms with Crippen molar-refractivity contribution in [2.75, 3.05) is 0 Å². The van der Waals surface area contributed by atoms with Gasteiger partial charge in [0, 0.05) is 24.5 Å². The molecule has 0 aliphatic rings. The second-order valence-corrected chi connectivity index (χ2v) is 3.43. The normalized spacial score (nSPS) is 10.5. The van der Waals surface area contributed by atoms with Crippen LogP contribution in [0.25, 0.3) is 11.3 Å². The topological polar surface area (TPSA) is 30.7 Å². The maximum atomic E-state index is 4.51. The molecule has 0 N–H and O–H groups in total. The van der Waals surface area contributed by atoms with Gasteiger partial charge in [-0.25, -0.2) is 0 Å². The minimum Gasteiger partial charge on any atom is -0.265 e. The molecule has 2 aromatic heterocycles. The Labute approximate surface area is 89.8 Å². The molecular weight excluding hydrogens is 186 g/mol. The Morgan fingerprint density at radius 2 is 2.20 bits per heavy atom. The minimum absolute atomic E-state index is 0.893. The van der Waals surface area contributed by atoms with Crippen molar-refractivity contribution in [2.45, 2.75) is 26.8 Å². The van der Waals surface area contributed by atoms with Gasteiger partial charge in [-0.2, -0.15) is 5.10 Å². The highest BCUT2D eigenvalue weighted by atomic mass is 15.3. The number of aryl methyl sites for hydroxylation is 2. The molecule has 0 aromatic carbocycles. The fourth-order valence-corrected chi connectivity index (χ4v) is 1.63. The molecule has 3 nitrogen and oxygen atoms in total. The number of hydrogen-bond donors (Lipinski definition) is 0. The van der Waals surface area contributed by atoms with Gasteiger partial charge in [0.05, 0.1) is 11.4 Å². The van der Waals surface area contributed by atoms with Gasteiger partial charge in [0.2, 0.25) is 0 Å². The molecule has 0 aliphatic carbocycles. The largest absolute Gasteiger partial charge is 0.265 e. The van der Waals surface area contributed by atoms with Crippen LogP contribution in [0, 0.1) is 0 Å². The second kappa shape index (κ2) is 4.26. The van der Waals surface area contributed by atoms with Gasteiger partial charge in [-0.3, -0.25) is 9.67 Å². The lowest BCUT2D eigenvalue weighted by molar-refractivity contribution is 0.655. The first kappa shape index (κ1) is 9.90. The zero-order chi connectivity index (χ0) is 10.7. The first-order valence-electron chi connectivity index (χ1n) is 5.32. The van der Waals surface area contributed by atoms with Gasteiger partial charge in [0.25, 0.3) is 0 Å². The molecular formula is C12H15N3. The number of nitrogens with zero attached hydrogens (tertiary/aromatic N) is 3. The minimum atomic E-state index is 0.893. The van der Waals surface area contributed by atoms with Crippen molar-refractivity contribution in [1.29, 1.82) is 0 Å². The van der Waals surface area contributed by atoms with Gasteiger partial charge in [-0.1, -0.05) is 6.92 Å². The molecule has 0 spiro atoms. The Kier molecular flexibility index (Phi) is 2.81. The van der Waals surface area contributed by atoms with E-state index >= 15 is 0 Å². The quantitative estimate of drug-likeness (QED) is 0.764. The van der Waals surface area contributed by atoms with E-state index in [0.717, 1.165) is 29.9 Å².